The maximum absolute atomic E-state index is 6.31. The third kappa shape index (κ3) is 4.86. The van der Waals surface area contributed by atoms with Crippen molar-refractivity contribution in [2.24, 2.45) is 0 Å². The van der Waals surface area contributed by atoms with Crippen molar-refractivity contribution in [1.82, 2.24) is 19.9 Å². The Morgan fingerprint density at radius 3 is 1.80 bits per heavy atom. The van der Waals surface area contributed by atoms with Gasteiger partial charge in [0.2, 0.25) is 0 Å². The predicted molar refractivity (Wildman–Crippen MR) is 232 cm³/mol. The van der Waals surface area contributed by atoms with Gasteiger partial charge in [-0.15, -0.1) is 11.3 Å². The zero-order chi connectivity index (χ0) is 36.7. The number of fused-ring (bicyclic) bond motifs is 11. The van der Waals surface area contributed by atoms with Crippen LogP contribution in [-0.2, 0) is 0 Å². The molecule has 0 atom stereocenters. The van der Waals surface area contributed by atoms with Crippen LogP contribution in [0.2, 0.25) is 0 Å². The Morgan fingerprint density at radius 1 is 0.375 bits per heavy atom. The molecular formula is C50H28N4OS. The molecule has 56 heavy (non-hydrogen) atoms. The summed E-state index contributed by atoms with van der Waals surface area (Å²) in [6.07, 6.45) is 0. The fourth-order valence-corrected chi connectivity index (χ4v) is 9.36. The molecule has 0 bridgehead atoms. The van der Waals surface area contributed by atoms with Crippen molar-refractivity contribution >= 4 is 86.6 Å². The van der Waals surface area contributed by atoms with Gasteiger partial charge in [-0.1, -0.05) is 140 Å². The highest BCUT2D eigenvalue weighted by Gasteiger charge is 2.19. The summed E-state index contributed by atoms with van der Waals surface area (Å²) in [5, 5.41) is 12.4. The lowest BCUT2D eigenvalue weighted by Crippen LogP contribution is -2.00. The fourth-order valence-electron chi connectivity index (χ4n) is 8.22. The van der Waals surface area contributed by atoms with E-state index in [1.165, 1.54) is 31.6 Å². The van der Waals surface area contributed by atoms with Crippen LogP contribution in [0, 0.1) is 0 Å². The van der Waals surface area contributed by atoms with Crippen LogP contribution in [0.5, 0.6) is 0 Å². The molecule has 0 spiro atoms. The Labute approximate surface area is 324 Å². The minimum absolute atomic E-state index is 0.593. The van der Waals surface area contributed by atoms with Gasteiger partial charge in [0.25, 0.3) is 0 Å². The van der Waals surface area contributed by atoms with E-state index in [0.717, 1.165) is 70.9 Å². The number of rotatable bonds is 4. The van der Waals surface area contributed by atoms with E-state index < -0.39 is 0 Å². The number of aromatic nitrogens is 4. The highest BCUT2D eigenvalue weighted by Crippen LogP contribution is 2.41. The van der Waals surface area contributed by atoms with E-state index in [1.807, 2.05) is 36.4 Å². The van der Waals surface area contributed by atoms with Gasteiger partial charge in [0.1, 0.15) is 16.2 Å². The van der Waals surface area contributed by atoms with Gasteiger partial charge in [0.05, 0.1) is 10.2 Å². The van der Waals surface area contributed by atoms with Gasteiger partial charge < -0.3 is 4.42 Å². The largest absolute Gasteiger partial charge is 0.456 e. The Morgan fingerprint density at radius 2 is 0.982 bits per heavy atom. The molecule has 5 nitrogen and oxygen atoms in total. The highest BCUT2D eigenvalue weighted by atomic mass is 32.1. The molecule has 0 amide bonds. The molecule has 0 aliphatic rings. The first kappa shape index (κ1) is 31.1. The van der Waals surface area contributed by atoms with Crippen LogP contribution < -0.4 is 0 Å². The lowest BCUT2D eigenvalue weighted by atomic mass is 9.99. The second-order valence-corrected chi connectivity index (χ2v) is 15.2. The van der Waals surface area contributed by atoms with Crippen LogP contribution in [0.25, 0.3) is 120 Å². The molecule has 3 heterocycles. The fraction of sp³-hybridized carbons (Fsp3) is 0. The standard InChI is InChI=1S/C50H28N4OS/c1-2-10-33(11-3-1)50-51-41-26-25-32-22-19-31-21-24-35(28-40(31)44(32)46(41)56-50)48-52-47(34-23-20-30-18-17-29-9-4-5-12-36(29)39(30)27-34)53-49(54-48)38-14-8-16-43-45(38)37-13-6-7-15-42(37)55-43/h1-28H. The second kappa shape index (κ2) is 12.1. The normalized spacial score (nSPS) is 11.9. The zero-order valence-electron chi connectivity index (χ0n) is 29.8. The number of nitrogens with zero attached hydrogens (tertiary/aromatic N) is 4. The van der Waals surface area contributed by atoms with Gasteiger partial charge >= 0.3 is 0 Å². The van der Waals surface area contributed by atoms with Crippen molar-refractivity contribution < 1.29 is 4.42 Å². The molecule has 260 valence electrons. The van der Waals surface area contributed by atoms with Crippen molar-refractivity contribution in [3.05, 3.63) is 170 Å². The lowest BCUT2D eigenvalue weighted by Gasteiger charge is -2.12. The third-order valence-corrected chi connectivity index (χ3v) is 12.1. The lowest BCUT2D eigenvalue weighted by molar-refractivity contribution is 0.669. The first-order valence-electron chi connectivity index (χ1n) is 18.6. The molecule has 6 heteroatoms. The van der Waals surface area contributed by atoms with Crippen molar-refractivity contribution in [3.8, 4) is 44.7 Å². The Balaban J connectivity index is 1.11. The topological polar surface area (TPSA) is 64.7 Å². The number of thiazole rings is 1. The molecule has 3 aromatic heterocycles. The molecule has 0 aliphatic heterocycles. The van der Waals surface area contributed by atoms with Crippen LogP contribution in [0.3, 0.4) is 0 Å². The number of hydrogen-bond donors (Lipinski definition) is 0. The van der Waals surface area contributed by atoms with Crippen LogP contribution in [0.4, 0.5) is 0 Å². The first-order valence-corrected chi connectivity index (χ1v) is 19.4. The summed E-state index contributed by atoms with van der Waals surface area (Å²) < 4.78 is 7.48. The van der Waals surface area contributed by atoms with E-state index in [4.69, 9.17) is 24.4 Å². The zero-order valence-corrected chi connectivity index (χ0v) is 30.6. The number of furan rings is 1. The van der Waals surface area contributed by atoms with E-state index in [-0.39, 0.29) is 0 Å². The molecule has 0 aliphatic carbocycles. The second-order valence-electron chi connectivity index (χ2n) is 14.2. The quantitative estimate of drug-likeness (QED) is 0.169. The predicted octanol–water partition coefficient (Wildman–Crippen LogP) is 13.7. The van der Waals surface area contributed by atoms with Crippen molar-refractivity contribution in [1.29, 1.82) is 0 Å². The summed E-state index contributed by atoms with van der Waals surface area (Å²) in [5.74, 6) is 1.81. The summed E-state index contributed by atoms with van der Waals surface area (Å²) >= 11 is 1.74. The smallest absolute Gasteiger partial charge is 0.164 e. The highest BCUT2D eigenvalue weighted by molar-refractivity contribution is 7.22. The Hall–Kier alpha value is -7.28. The van der Waals surface area contributed by atoms with Crippen molar-refractivity contribution in [3.63, 3.8) is 0 Å². The monoisotopic (exact) mass is 732 g/mol. The molecule has 0 saturated heterocycles. The molecule has 0 saturated carbocycles. The summed E-state index contributed by atoms with van der Waals surface area (Å²) in [4.78, 5) is 20.8. The van der Waals surface area contributed by atoms with Crippen molar-refractivity contribution in [2.75, 3.05) is 0 Å². The van der Waals surface area contributed by atoms with Gasteiger partial charge in [-0.2, -0.15) is 0 Å². The van der Waals surface area contributed by atoms with Crippen molar-refractivity contribution in [2.45, 2.75) is 0 Å². The average Bonchev–Trinajstić information content (AvgIpc) is 3.88. The van der Waals surface area contributed by atoms with E-state index in [9.17, 15) is 0 Å². The summed E-state index contributed by atoms with van der Waals surface area (Å²) in [5.41, 5.74) is 6.48. The SMILES string of the molecule is c1ccc(-c2nc3ccc4ccc5ccc(-c6nc(-c7ccc8ccc9ccccc9c8c7)nc(-c7cccc8oc9ccccc9c78)n6)cc5c4c3s2)cc1. The number of benzene rings is 9. The van der Waals surface area contributed by atoms with E-state index in [0.29, 0.717) is 17.5 Å². The molecule has 0 radical (unpaired) electrons. The summed E-state index contributed by atoms with van der Waals surface area (Å²) in [6.45, 7) is 0. The van der Waals surface area contributed by atoms with Gasteiger partial charge in [-0.3, -0.25) is 0 Å². The van der Waals surface area contributed by atoms with E-state index >= 15 is 0 Å². The van der Waals surface area contributed by atoms with Gasteiger partial charge in [0, 0.05) is 38.4 Å². The third-order valence-electron chi connectivity index (χ3n) is 10.9. The number of hydrogen-bond acceptors (Lipinski definition) is 6. The Kier molecular flexibility index (Phi) is 6.73. The minimum Gasteiger partial charge on any atom is -0.456 e. The first-order chi connectivity index (χ1) is 27.7. The summed E-state index contributed by atoms with van der Waals surface area (Å²) in [7, 11) is 0. The van der Waals surface area contributed by atoms with Crippen LogP contribution in [0.15, 0.2) is 174 Å². The molecule has 0 unspecified atom stereocenters. The molecule has 0 fully saturated rings. The van der Waals surface area contributed by atoms with Gasteiger partial charge in [-0.05, 0) is 68.0 Å². The maximum Gasteiger partial charge on any atom is 0.164 e. The molecule has 0 N–H and O–H groups in total. The van der Waals surface area contributed by atoms with Gasteiger partial charge in [-0.25, -0.2) is 19.9 Å². The summed E-state index contributed by atoms with van der Waals surface area (Å²) in [6, 6.07) is 59.3. The average molecular weight is 733 g/mol. The number of para-hydroxylation sites is 1. The Bertz CT molecular complexity index is 3550. The van der Waals surface area contributed by atoms with E-state index in [2.05, 4.69) is 133 Å². The molecule has 9 aromatic carbocycles. The molecule has 12 rings (SSSR count). The minimum atomic E-state index is 0.593. The van der Waals surface area contributed by atoms with Crippen LogP contribution in [-0.4, -0.2) is 19.9 Å². The van der Waals surface area contributed by atoms with Crippen LogP contribution in [0.1, 0.15) is 0 Å². The molecular weight excluding hydrogens is 705 g/mol. The van der Waals surface area contributed by atoms with Gasteiger partial charge in [0.15, 0.2) is 17.5 Å². The van der Waals surface area contributed by atoms with E-state index in [1.54, 1.807) is 11.3 Å². The van der Waals surface area contributed by atoms with Crippen LogP contribution >= 0.6 is 11.3 Å². The maximum atomic E-state index is 6.31. The molecule has 12 aromatic rings.